The van der Waals surface area contributed by atoms with Gasteiger partial charge in [-0.3, -0.25) is 0 Å². The van der Waals surface area contributed by atoms with E-state index in [-0.39, 0.29) is 0 Å². The van der Waals surface area contributed by atoms with Crippen molar-refractivity contribution >= 4 is 39.7 Å². The third kappa shape index (κ3) is 4.44. The lowest BCUT2D eigenvalue weighted by Gasteiger charge is -2.25. The van der Waals surface area contributed by atoms with Gasteiger partial charge in [0.05, 0.1) is 0 Å². The fourth-order valence-electron chi connectivity index (χ4n) is 5.18. The second-order valence-electron chi connectivity index (χ2n) is 9.80. The van der Waals surface area contributed by atoms with Crippen LogP contribution in [0.3, 0.4) is 0 Å². The summed E-state index contributed by atoms with van der Waals surface area (Å²) in [5.74, 6) is 0. The molecule has 0 amide bonds. The summed E-state index contributed by atoms with van der Waals surface area (Å²) in [5.41, 5.74) is 10.7. The lowest BCUT2D eigenvalue weighted by atomic mass is 9.99. The number of benzene rings is 4. The highest BCUT2D eigenvalue weighted by atomic mass is 32.1. The molecule has 0 saturated heterocycles. The molecule has 0 radical (unpaired) electrons. The lowest BCUT2D eigenvalue weighted by Crippen LogP contribution is -2.51. The minimum absolute atomic E-state index is 1.29. The minimum Gasteiger partial charge on any atom is -0.152 e. The summed E-state index contributed by atoms with van der Waals surface area (Å²) in [4.78, 5) is 0. The summed E-state index contributed by atoms with van der Waals surface area (Å²) in [6, 6.07) is 43.6. The van der Waals surface area contributed by atoms with Crippen LogP contribution in [0.25, 0.3) is 44.5 Å². The van der Waals surface area contributed by atoms with Gasteiger partial charge in [-0.2, -0.15) is 22.7 Å². The van der Waals surface area contributed by atoms with Crippen LogP contribution in [0.5, 0.6) is 0 Å². The molecule has 6 aromatic rings. The molecule has 0 aliphatic carbocycles. The Bertz CT molecular complexity index is 1490. The molecule has 0 bridgehead atoms. The van der Waals surface area contributed by atoms with Crippen molar-refractivity contribution in [3.05, 3.63) is 132 Å². The smallest absolute Gasteiger partial charge is 0.139 e. The Kier molecular flexibility index (Phi) is 6.52. The molecule has 0 aliphatic heterocycles. The van der Waals surface area contributed by atoms with Crippen LogP contribution in [0, 0.1) is 0 Å². The number of thiophene rings is 2. The number of hydrogen-bond donors (Lipinski definition) is 0. The molecule has 3 heteroatoms. The van der Waals surface area contributed by atoms with Crippen molar-refractivity contribution in [3.8, 4) is 44.5 Å². The van der Waals surface area contributed by atoms with E-state index in [0.29, 0.717) is 0 Å². The SMILES string of the molecule is C[Si](C)(c1scc(-c2ccccc2)c1-c1ccccc1)c1scc(-c2ccccc2)c1-c1ccccc1. The molecule has 0 nitrogen and oxygen atoms in total. The fraction of sp³-hybridized carbons (Fsp3) is 0.0588. The highest BCUT2D eigenvalue weighted by Crippen LogP contribution is 2.39. The van der Waals surface area contributed by atoms with Crippen LogP contribution in [0.4, 0.5) is 0 Å². The zero-order valence-electron chi connectivity index (χ0n) is 21.0. The second kappa shape index (κ2) is 10.1. The van der Waals surface area contributed by atoms with E-state index in [2.05, 4.69) is 145 Å². The summed E-state index contributed by atoms with van der Waals surface area (Å²) in [6.07, 6.45) is 0. The van der Waals surface area contributed by atoms with E-state index in [1.807, 2.05) is 22.7 Å². The number of rotatable bonds is 6. The Balaban J connectivity index is 1.59. The van der Waals surface area contributed by atoms with Crippen LogP contribution in [-0.2, 0) is 0 Å². The Morgan fingerprint density at radius 3 is 1.03 bits per heavy atom. The summed E-state index contributed by atoms with van der Waals surface area (Å²) >= 11 is 3.89. The van der Waals surface area contributed by atoms with Gasteiger partial charge < -0.3 is 0 Å². The monoisotopic (exact) mass is 528 g/mol. The van der Waals surface area contributed by atoms with Crippen LogP contribution < -0.4 is 9.00 Å². The van der Waals surface area contributed by atoms with Gasteiger partial charge in [-0.15, -0.1) is 0 Å². The largest absolute Gasteiger partial charge is 0.152 e. The first-order chi connectivity index (χ1) is 18.1. The van der Waals surface area contributed by atoms with Crippen molar-refractivity contribution in [2.24, 2.45) is 0 Å². The maximum atomic E-state index is 2.53. The summed E-state index contributed by atoms with van der Waals surface area (Å²) < 4.78 is 3.08. The molecule has 0 unspecified atom stereocenters. The molecule has 2 heterocycles. The predicted octanol–water partition coefficient (Wildman–Crippen LogP) is 9.30. The van der Waals surface area contributed by atoms with Crippen molar-refractivity contribution < 1.29 is 0 Å². The Hall–Kier alpha value is -3.50. The molecule has 6 rings (SSSR count). The maximum absolute atomic E-state index is 2.53. The van der Waals surface area contributed by atoms with E-state index in [4.69, 9.17) is 0 Å². The van der Waals surface area contributed by atoms with Gasteiger partial charge in [0.1, 0.15) is 8.07 Å². The molecule has 0 spiro atoms. The first kappa shape index (κ1) is 23.9. The van der Waals surface area contributed by atoms with Crippen molar-refractivity contribution in [1.82, 2.24) is 0 Å². The Morgan fingerprint density at radius 2 is 0.703 bits per heavy atom. The van der Waals surface area contributed by atoms with Crippen molar-refractivity contribution in [1.29, 1.82) is 0 Å². The van der Waals surface area contributed by atoms with Crippen molar-refractivity contribution in [3.63, 3.8) is 0 Å². The Labute approximate surface area is 228 Å². The summed E-state index contributed by atoms with van der Waals surface area (Å²) in [6.45, 7) is 5.07. The average Bonchev–Trinajstić information content (AvgIpc) is 3.61. The van der Waals surface area contributed by atoms with Crippen LogP contribution >= 0.6 is 22.7 Å². The third-order valence-electron chi connectivity index (χ3n) is 7.01. The van der Waals surface area contributed by atoms with E-state index in [9.17, 15) is 0 Å². The highest BCUT2D eigenvalue weighted by Gasteiger charge is 2.36. The quantitative estimate of drug-likeness (QED) is 0.189. The fourth-order valence-corrected chi connectivity index (χ4v) is 12.4. The van der Waals surface area contributed by atoms with Gasteiger partial charge >= 0.3 is 0 Å². The molecular formula is C34H28S2Si. The molecule has 0 atom stereocenters. The van der Waals surface area contributed by atoms with Crippen molar-refractivity contribution in [2.75, 3.05) is 0 Å². The van der Waals surface area contributed by atoms with E-state index < -0.39 is 8.07 Å². The second-order valence-corrected chi connectivity index (χ2v) is 16.5. The van der Waals surface area contributed by atoms with E-state index in [1.165, 1.54) is 53.5 Å². The zero-order valence-corrected chi connectivity index (χ0v) is 23.7. The van der Waals surface area contributed by atoms with Crippen molar-refractivity contribution in [2.45, 2.75) is 13.1 Å². The summed E-state index contributed by atoms with van der Waals surface area (Å²) in [5, 5.41) is 4.77. The average molecular weight is 529 g/mol. The maximum Gasteiger partial charge on any atom is 0.139 e. The zero-order chi connectivity index (χ0) is 25.2. The minimum atomic E-state index is -2.10. The summed E-state index contributed by atoms with van der Waals surface area (Å²) in [7, 11) is -2.10. The first-order valence-corrected chi connectivity index (χ1v) is 17.4. The molecule has 0 aliphatic rings. The van der Waals surface area contributed by atoms with Gasteiger partial charge in [0.2, 0.25) is 0 Å². The topological polar surface area (TPSA) is 0 Å². The molecule has 0 fully saturated rings. The van der Waals surface area contributed by atoms with Gasteiger partial charge in [-0.05, 0) is 44.1 Å². The first-order valence-electron chi connectivity index (χ1n) is 12.6. The van der Waals surface area contributed by atoms with Gasteiger partial charge in [0.15, 0.2) is 0 Å². The Morgan fingerprint density at radius 1 is 0.405 bits per heavy atom. The molecule has 180 valence electrons. The van der Waals surface area contributed by atoms with Gasteiger partial charge in [0, 0.05) is 20.1 Å². The van der Waals surface area contributed by atoms with E-state index in [1.54, 1.807) is 0 Å². The van der Waals surface area contributed by atoms with Crippen LogP contribution in [0.1, 0.15) is 0 Å². The van der Waals surface area contributed by atoms with E-state index in [0.717, 1.165) is 0 Å². The molecule has 2 aromatic heterocycles. The highest BCUT2D eigenvalue weighted by molar-refractivity contribution is 7.37. The number of hydrogen-bond acceptors (Lipinski definition) is 2. The molecule has 0 saturated carbocycles. The van der Waals surface area contributed by atoms with Crippen LogP contribution in [0.2, 0.25) is 13.1 Å². The third-order valence-corrected chi connectivity index (χ3v) is 15.1. The predicted molar refractivity (Wildman–Crippen MR) is 167 cm³/mol. The molecule has 4 aromatic carbocycles. The van der Waals surface area contributed by atoms with Gasteiger partial charge in [0.25, 0.3) is 0 Å². The molecular weight excluding hydrogens is 501 g/mol. The van der Waals surface area contributed by atoms with Crippen LogP contribution in [-0.4, -0.2) is 8.07 Å². The van der Waals surface area contributed by atoms with Crippen LogP contribution in [0.15, 0.2) is 132 Å². The van der Waals surface area contributed by atoms with Gasteiger partial charge in [-0.1, -0.05) is 134 Å². The normalized spacial score (nSPS) is 11.5. The molecule has 0 N–H and O–H groups in total. The standard InChI is InChI=1S/C34H28S2Si/c1-37(2,33-31(27-19-11-5-12-20-27)29(23-35-33)25-15-7-3-8-16-25)34-32(28-21-13-6-14-22-28)30(24-36-34)26-17-9-4-10-18-26/h3-24H,1-2H3. The van der Waals surface area contributed by atoms with Gasteiger partial charge in [-0.25, -0.2) is 0 Å². The molecule has 37 heavy (non-hydrogen) atoms. The van der Waals surface area contributed by atoms with E-state index >= 15 is 0 Å². The lowest BCUT2D eigenvalue weighted by molar-refractivity contribution is 1.63.